The molecule has 4 rings (SSSR count). The SMILES string of the molecule is Cc1cc(C)c2[nH]c(=O)c(CN(Cc3cccs3)C(=O)c3ccco3)cc2c1. The molecule has 4 aromatic rings. The highest BCUT2D eigenvalue weighted by molar-refractivity contribution is 7.09. The number of benzene rings is 1. The fourth-order valence-corrected chi connectivity index (χ4v) is 4.12. The lowest BCUT2D eigenvalue weighted by Crippen LogP contribution is -2.32. The van der Waals surface area contributed by atoms with E-state index in [0.717, 1.165) is 26.9 Å². The fourth-order valence-electron chi connectivity index (χ4n) is 3.40. The average molecular weight is 392 g/mol. The molecule has 3 aromatic heterocycles. The third-order valence-corrected chi connectivity index (χ3v) is 5.54. The molecule has 1 amide bonds. The second-order valence-corrected chi connectivity index (χ2v) is 7.92. The van der Waals surface area contributed by atoms with Gasteiger partial charge < -0.3 is 14.3 Å². The maximum atomic E-state index is 12.9. The second-order valence-electron chi connectivity index (χ2n) is 6.89. The zero-order valence-electron chi connectivity index (χ0n) is 15.7. The van der Waals surface area contributed by atoms with E-state index in [1.54, 1.807) is 28.4 Å². The molecular formula is C22H20N2O3S. The highest BCUT2D eigenvalue weighted by atomic mass is 32.1. The van der Waals surface area contributed by atoms with Gasteiger partial charge in [-0.3, -0.25) is 9.59 Å². The van der Waals surface area contributed by atoms with Crippen molar-refractivity contribution >= 4 is 28.1 Å². The lowest BCUT2D eigenvalue weighted by molar-refractivity contribution is 0.0699. The number of amides is 1. The zero-order valence-corrected chi connectivity index (χ0v) is 16.5. The third-order valence-electron chi connectivity index (χ3n) is 4.68. The Morgan fingerprint density at radius 3 is 2.71 bits per heavy atom. The standard InChI is InChI=1S/C22H20N2O3S/c1-14-9-15(2)20-16(10-14)11-17(21(25)23-20)12-24(13-18-5-4-8-28-18)22(26)19-6-3-7-27-19/h3-11H,12-13H2,1-2H3,(H,23,25). The number of hydrogen-bond donors (Lipinski definition) is 1. The van der Waals surface area contributed by atoms with Crippen molar-refractivity contribution in [1.82, 2.24) is 9.88 Å². The number of furan rings is 1. The average Bonchev–Trinajstić information content (AvgIpc) is 3.35. The van der Waals surface area contributed by atoms with Crippen LogP contribution in [0.1, 0.15) is 32.1 Å². The second kappa shape index (κ2) is 7.48. The molecule has 1 aromatic carbocycles. The summed E-state index contributed by atoms with van der Waals surface area (Å²) in [6, 6.07) is 13.2. The minimum atomic E-state index is -0.238. The first-order valence-electron chi connectivity index (χ1n) is 8.99. The summed E-state index contributed by atoms with van der Waals surface area (Å²) in [4.78, 5) is 31.3. The van der Waals surface area contributed by atoms with Gasteiger partial charge in [0, 0.05) is 10.4 Å². The molecule has 0 aliphatic heterocycles. The number of nitrogens with one attached hydrogen (secondary N) is 1. The highest BCUT2D eigenvalue weighted by Gasteiger charge is 2.21. The highest BCUT2D eigenvalue weighted by Crippen LogP contribution is 2.20. The van der Waals surface area contributed by atoms with Gasteiger partial charge in [0.15, 0.2) is 5.76 Å². The molecule has 6 heteroatoms. The molecule has 0 fully saturated rings. The topological polar surface area (TPSA) is 66.3 Å². The van der Waals surface area contributed by atoms with Crippen LogP contribution in [0, 0.1) is 13.8 Å². The third kappa shape index (κ3) is 3.64. The van der Waals surface area contributed by atoms with Crippen LogP contribution in [0.5, 0.6) is 0 Å². The van der Waals surface area contributed by atoms with E-state index in [0.29, 0.717) is 12.1 Å². The molecule has 0 spiro atoms. The summed E-state index contributed by atoms with van der Waals surface area (Å²) in [7, 11) is 0. The van der Waals surface area contributed by atoms with Crippen LogP contribution in [-0.2, 0) is 13.1 Å². The number of carbonyl (C=O) groups is 1. The van der Waals surface area contributed by atoms with Gasteiger partial charge in [-0.15, -0.1) is 11.3 Å². The number of fused-ring (bicyclic) bond motifs is 1. The molecule has 0 radical (unpaired) electrons. The van der Waals surface area contributed by atoms with Crippen molar-refractivity contribution in [2.75, 3.05) is 0 Å². The summed E-state index contributed by atoms with van der Waals surface area (Å²) < 4.78 is 5.29. The number of aromatic amines is 1. The van der Waals surface area contributed by atoms with Gasteiger partial charge in [-0.25, -0.2) is 0 Å². The Morgan fingerprint density at radius 2 is 2.00 bits per heavy atom. The first-order chi connectivity index (χ1) is 13.5. The van der Waals surface area contributed by atoms with Gasteiger partial charge >= 0.3 is 0 Å². The summed E-state index contributed by atoms with van der Waals surface area (Å²) >= 11 is 1.58. The Labute approximate surface area is 166 Å². The van der Waals surface area contributed by atoms with E-state index in [1.807, 2.05) is 49.6 Å². The smallest absolute Gasteiger partial charge is 0.290 e. The van der Waals surface area contributed by atoms with Gasteiger partial charge in [0.05, 0.1) is 24.9 Å². The molecule has 1 N–H and O–H groups in total. The number of rotatable bonds is 5. The summed E-state index contributed by atoms with van der Waals surface area (Å²) in [5.41, 5.74) is 3.37. The zero-order chi connectivity index (χ0) is 19.7. The molecule has 0 unspecified atom stereocenters. The monoisotopic (exact) mass is 392 g/mol. The van der Waals surface area contributed by atoms with Gasteiger partial charge in [-0.1, -0.05) is 17.7 Å². The molecule has 0 saturated heterocycles. The normalized spacial score (nSPS) is 11.1. The number of pyridine rings is 1. The number of aryl methyl sites for hydroxylation is 2. The summed E-state index contributed by atoms with van der Waals surface area (Å²) in [6.07, 6.45) is 1.48. The largest absolute Gasteiger partial charge is 0.459 e. The molecule has 142 valence electrons. The number of thiophene rings is 1. The Kier molecular flexibility index (Phi) is 4.88. The maximum absolute atomic E-state index is 12.9. The van der Waals surface area contributed by atoms with Crippen molar-refractivity contribution in [3.63, 3.8) is 0 Å². The summed E-state index contributed by atoms with van der Waals surface area (Å²) in [5.74, 6) is 0.0267. The van der Waals surface area contributed by atoms with E-state index in [9.17, 15) is 9.59 Å². The predicted octanol–water partition coefficient (Wildman–Crippen LogP) is 4.64. The number of carbonyl (C=O) groups excluding carboxylic acids is 1. The molecule has 3 heterocycles. The number of nitrogens with zero attached hydrogens (tertiary/aromatic N) is 1. The molecule has 0 bridgehead atoms. The molecule has 5 nitrogen and oxygen atoms in total. The van der Waals surface area contributed by atoms with Crippen LogP contribution < -0.4 is 5.56 Å². The predicted molar refractivity (Wildman–Crippen MR) is 111 cm³/mol. The summed E-state index contributed by atoms with van der Waals surface area (Å²) in [6.45, 7) is 4.63. The van der Waals surface area contributed by atoms with Crippen LogP contribution >= 0.6 is 11.3 Å². The number of H-pyrrole nitrogens is 1. The summed E-state index contributed by atoms with van der Waals surface area (Å²) in [5, 5.41) is 2.94. The Bertz CT molecular complexity index is 1170. The Morgan fingerprint density at radius 1 is 1.14 bits per heavy atom. The fraction of sp³-hybridized carbons (Fsp3) is 0.182. The van der Waals surface area contributed by atoms with Crippen LogP contribution in [0.3, 0.4) is 0 Å². The molecular weight excluding hydrogens is 372 g/mol. The first-order valence-corrected chi connectivity index (χ1v) is 9.87. The van der Waals surface area contributed by atoms with Gasteiger partial charge in [0.2, 0.25) is 0 Å². The van der Waals surface area contributed by atoms with Gasteiger partial charge in [-0.05, 0) is 60.5 Å². The molecule has 0 atom stereocenters. The van der Waals surface area contributed by atoms with E-state index in [4.69, 9.17) is 4.42 Å². The van der Waals surface area contributed by atoms with Crippen molar-refractivity contribution in [2.45, 2.75) is 26.9 Å². The van der Waals surface area contributed by atoms with E-state index >= 15 is 0 Å². The number of hydrogen-bond acceptors (Lipinski definition) is 4. The molecule has 0 saturated carbocycles. The van der Waals surface area contributed by atoms with Crippen LogP contribution in [-0.4, -0.2) is 15.8 Å². The minimum Gasteiger partial charge on any atom is -0.459 e. The van der Waals surface area contributed by atoms with Gasteiger partial charge in [0.1, 0.15) is 0 Å². The van der Waals surface area contributed by atoms with Gasteiger partial charge in [0.25, 0.3) is 11.5 Å². The number of aromatic nitrogens is 1. The van der Waals surface area contributed by atoms with Crippen molar-refractivity contribution < 1.29 is 9.21 Å². The van der Waals surface area contributed by atoms with E-state index in [-0.39, 0.29) is 23.8 Å². The van der Waals surface area contributed by atoms with Crippen LogP contribution in [0.2, 0.25) is 0 Å². The Balaban J connectivity index is 1.72. The molecule has 0 aliphatic carbocycles. The lowest BCUT2D eigenvalue weighted by Gasteiger charge is -2.21. The van der Waals surface area contributed by atoms with Crippen LogP contribution in [0.25, 0.3) is 10.9 Å². The van der Waals surface area contributed by atoms with Crippen molar-refractivity contribution in [2.24, 2.45) is 0 Å². The van der Waals surface area contributed by atoms with Crippen molar-refractivity contribution in [1.29, 1.82) is 0 Å². The van der Waals surface area contributed by atoms with Crippen molar-refractivity contribution in [3.05, 3.63) is 91.8 Å². The Hall–Kier alpha value is -3.12. The van der Waals surface area contributed by atoms with Crippen LogP contribution in [0.4, 0.5) is 0 Å². The van der Waals surface area contributed by atoms with Crippen LogP contribution in [0.15, 0.2) is 63.3 Å². The maximum Gasteiger partial charge on any atom is 0.290 e. The van der Waals surface area contributed by atoms with E-state index < -0.39 is 0 Å². The minimum absolute atomic E-state index is 0.178. The molecule has 0 aliphatic rings. The lowest BCUT2D eigenvalue weighted by atomic mass is 10.1. The van der Waals surface area contributed by atoms with Gasteiger partial charge in [-0.2, -0.15) is 0 Å². The van der Waals surface area contributed by atoms with Crippen molar-refractivity contribution in [3.8, 4) is 0 Å². The van der Waals surface area contributed by atoms with E-state index in [2.05, 4.69) is 4.98 Å². The first kappa shape index (κ1) is 18.3. The quantitative estimate of drug-likeness (QED) is 0.538. The van der Waals surface area contributed by atoms with E-state index in [1.165, 1.54) is 6.26 Å². The molecule has 28 heavy (non-hydrogen) atoms.